The van der Waals surface area contributed by atoms with Gasteiger partial charge in [-0.15, -0.1) is 0 Å². The average Bonchev–Trinajstić information content (AvgIpc) is 3.36. The van der Waals surface area contributed by atoms with E-state index >= 15 is 0 Å². The van der Waals surface area contributed by atoms with Gasteiger partial charge in [0.15, 0.2) is 12.3 Å². The molecule has 2 aliphatic rings. The summed E-state index contributed by atoms with van der Waals surface area (Å²) in [5.74, 6) is -0.900. The van der Waals surface area contributed by atoms with E-state index in [4.69, 9.17) is 22.4 Å². The Hall–Kier alpha value is -3.47. The van der Waals surface area contributed by atoms with E-state index in [9.17, 15) is 14.4 Å². The van der Waals surface area contributed by atoms with E-state index in [2.05, 4.69) is 65.7 Å². The molecule has 13 heteroatoms. The number of ether oxygens (including phenoxy) is 2. The fraction of sp³-hybridized carbons (Fsp3) is 0.486. The first-order valence-corrected chi connectivity index (χ1v) is 20.6. The molecule has 3 aromatic rings. The van der Waals surface area contributed by atoms with Gasteiger partial charge in [-0.1, -0.05) is 91.8 Å². The summed E-state index contributed by atoms with van der Waals surface area (Å²) in [6.45, 7) is 17.1. The molecular formula is C35H47N3O8Si2. The van der Waals surface area contributed by atoms with Crippen LogP contribution in [0.15, 0.2) is 77.7 Å². The maximum absolute atomic E-state index is 13.6. The Labute approximate surface area is 284 Å². The van der Waals surface area contributed by atoms with Gasteiger partial charge in [-0.25, -0.2) is 9.59 Å². The van der Waals surface area contributed by atoms with Gasteiger partial charge >= 0.3 is 28.8 Å². The lowest BCUT2D eigenvalue weighted by molar-refractivity contribution is -0.0625. The van der Waals surface area contributed by atoms with Crippen molar-refractivity contribution in [1.82, 2.24) is 9.55 Å². The molecule has 1 amide bonds. The maximum atomic E-state index is 13.6. The van der Waals surface area contributed by atoms with Crippen molar-refractivity contribution in [3.8, 4) is 0 Å². The summed E-state index contributed by atoms with van der Waals surface area (Å²) in [6.07, 6.45) is -2.12. The highest BCUT2D eigenvalue weighted by molar-refractivity contribution is 6.84. The minimum Gasteiger partial charge on any atom is -0.451 e. The molecule has 0 radical (unpaired) electrons. The SMILES string of the molecule is CC(C)[Si]1(C(C)C)OC[C@H]2O[C@@H](n3ccc(NC(=O)c4ccccc4)nc3=O)[C@@H](OC(=O)c3ccccc3)[C@@H]2O[Si](C(C)C)(C(C)C)O1. The normalized spacial score (nSPS) is 23.5. The number of nitrogens with one attached hydrogen (secondary N) is 1. The van der Waals surface area contributed by atoms with Crippen molar-refractivity contribution < 1.29 is 32.0 Å². The largest absolute Gasteiger partial charge is 0.451 e. The predicted octanol–water partition coefficient (Wildman–Crippen LogP) is 6.58. The Bertz CT molecular complexity index is 1620. The van der Waals surface area contributed by atoms with Crippen LogP contribution in [0.2, 0.25) is 22.2 Å². The van der Waals surface area contributed by atoms with Crippen molar-refractivity contribution in [2.75, 3.05) is 11.9 Å². The molecule has 4 atom stereocenters. The molecular weight excluding hydrogens is 647 g/mol. The standard InChI is InChI=1S/C35H47N3O8Si2/c1-22(2)47(23(3)4)42-21-28-30(45-48(46-47,24(5)6)25(7)8)31(44-34(40)27-17-13-10-14-18-27)33(43-28)38-20-19-29(37-35(38)41)36-32(39)26-15-11-9-12-16-26/h9-20,22-25,28,30-31,33H,21H2,1-8H3,(H,36,37,39,41)/t28-,30-,31+,33-/m1/s1. The van der Waals surface area contributed by atoms with Gasteiger partial charge in [-0.05, 0) is 52.5 Å². The van der Waals surface area contributed by atoms with Gasteiger partial charge < -0.3 is 27.8 Å². The van der Waals surface area contributed by atoms with Crippen molar-refractivity contribution in [2.45, 2.75) is 102 Å². The van der Waals surface area contributed by atoms with E-state index < -0.39 is 59.2 Å². The Kier molecular flexibility index (Phi) is 10.9. The molecule has 0 unspecified atom stereocenters. The zero-order valence-electron chi connectivity index (χ0n) is 28.9. The van der Waals surface area contributed by atoms with Gasteiger partial charge in [0.25, 0.3) is 5.91 Å². The molecule has 11 nitrogen and oxygen atoms in total. The lowest BCUT2D eigenvalue weighted by atomic mass is 10.1. The Morgan fingerprint density at radius 1 is 0.833 bits per heavy atom. The van der Waals surface area contributed by atoms with Gasteiger partial charge in [0.05, 0.1) is 12.2 Å². The van der Waals surface area contributed by atoms with Crippen molar-refractivity contribution in [1.29, 1.82) is 0 Å². The molecule has 2 fully saturated rings. The molecule has 0 bridgehead atoms. The second-order valence-electron chi connectivity index (χ2n) is 13.7. The minimum atomic E-state index is -3.13. The number of carbonyl (C=O) groups excluding carboxylic acids is 2. The fourth-order valence-electron chi connectivity index (χ4n) is 6.69. The fourth-order valence-corrected chi connectivity index (χ4v) is 17.9. The summed E-state index contributed by atoms with van der Waals surface area (Å²) in [5.41, 5.74) is 0.368. The number of aromatic nitrogens is 2. The maximum Gasteiger partial charge on any atom is 0.351 e. The van der Waals surface area contributed by atoms with Crippen LogP contribution in [0.4, 0.5) is 5.82 Å². The number of rotatable bonds is 9. The Morgan fingerprint density at radius 2 is 1.40 bits per heavy atom. The van der Waals surface area contributed by atoms with Crippen molar-refractivity contribution in [3.05, 3.63) is 94.5 Å². The first kappa shape index (κ1) is 35.8. The van der Waals surface area contributed by atoms with Crippen molar-refractivity contribution in [2.24, 2.45) is 0 Å². The third-order valence-corrected chi connectivity index (χ3v) is 19.5. The zero-order chi connectivity index (χ0) is 34.8. The minimum absolute atomic E-state index is 0.0191. The third kappa shape index (κ3) is 6.98. The van der Waals surface area contributed by atoms with Gasteiger partial charge in [-0.2, -0.15) is 4.98 Å². The molecule has 1 N–H and O–H groups in total. The van der Waals surface area contributed by atoms with Crippen LogP contribution >= 0.6 is 0 Å². The van der Waals surface area contributed by atoms with Crippen molar-refractivity contribution >= 4 is 34.8 Å². The number of hydrogen-bond donors (Lipinski definition) is 1. The Balaban J connectivity index is 1.56. The summed E-state index contributed by atoms with van der Waals surface area (Å²) in [5, 5.41) is 2.67. The van der Waals surface area contributed by atoms with Crippen molar-refractivity contribution in [3.63, 3.8) is 0 Å². The molecule has 1 aromatic heterocycles. The predicted molar refractivity (Wildman–Crippen MR) is 186 cm³/mol. The second kappa shape index (κ2) is 14.6. The topological polar surface area (TPSA) is 127 Å². The zero-order valence-corrected chi connectivity index (χ0v) is 30.9. The van der Waals surface area contributed by atoms with Crippen LogP contribution in [0.1, 0.15) is 82.3 Å². The van der Waals surface area contributed by atoms with Crippen LogP contribution in [0.25, 0.3) is 0 Å². The molecule has 2 aromatic carbocycles. The van der Waals surface area contributed by atoms with Gasteiger partial charge in [0.1, 0.15) is 18.0 Å². The number of hydrogen-bond acceptors (Lipinski definition) is 9. The highest BCUT2D eigenvalue weighted by Crippen LogP contribution is 2.48. The molecule has 2 aliphatic heterocycles. The van der Waals surface area contributed by atoms with E-state index in [0.717, 1.165) is 0 Å². The molecule has 5 rings (SSSR count). The van der Waals surface area contributed by atoms with E-state index in [0.29, 0.717) is 11.1 Å². The molecule has 0 spiro atoms. The Morgan fingerprint density at radius 3 is 1.94 bits per heavy atom. The van der Waals surface area contributed by atoms with E-state index in [-0.39, 0.29) is 34.6 Å². The number of anilines is 1. The number of amides is 1. The van der Waals surface area contributed by atoms with Crippen LogP contribution in [-0.2, 0) is 22.4 Å². The number of benzene rings is 2. The van der Waals surface area contributed by atoms with Crippen LogP contribution in [0, 0.1) is 0 Å². The van der Waals surface area contributed by atoms with Gasteiger partial charge in [-0.3, -0.25) is 9.36 Å². The number of esters is 1. The summed E-state index contributed by atoms with van der Waals surface area (Å²) < 4.78 is 35.5. The number of fused-ring (bicyclic) bond motifs is 1. The van der Waals surface area contributed by atoms with Crippen LogP contribution in [0.3, 0.4) is 0 Å². The average molecular weight is 694 g/mol. The smallest absolute Gasteiger partial charge is 0.351 e. The highest BCUT2D eigenvalue weighted by atomic mass is 28.5. The highest BCUT2D eigenvalue weighted by Gasteiger charge is 2.62. The number of carbonyl (C=O) groups is 2. The quantitative estimate of drug-likeness (QED) is 0.195. The lowest BCUT2D eigenvalue weighted by Gasteiger charge is -2.51. The van der Waals surface area contributed by atoms with E-state index in [1.807, 2.05) is 12.1 Å². The van der Waals surface area contributed by atoms with Gasteiger partial charge in [0, 0.05) is 11.8 Å². The first-order chi connectivity index (χ1) is 22.8. The number of nitrogens with zero attached hydrogens (tertiary/aromatic N) is 2. The first-order valence-electron chi connectivity index (χ1n) is 16.7. The van der Waals surface area contributed by atoms with Crippen LogP contribution in [0.5, 0.6) is 0 Å². The molecule has 0 aliphatic carbocycles. The summed E-state index contributed by atoms with van der Waals surface area (Å²) >= 11 is 0. The molecule has 3 heterocycles. The van der Waals surface area contributed by atoms with E-state index in [1.54, 1.807) is 48.5 Å². The summed E-state index contributed by atoms with van der Waals surface area (Å²) in [7, 11) is -6.01. The van der Waals surface area contributed by atoms with Gasteiger partial charge in [0.2, 0.25) is 0 Å². The molecule has 258 valence electrons. The third-order valence-electron chi connectivity index (χ3n) is 9.25. The van der Waals surface area contributed by atoms with E-state index in [1.165, 1.54) is 16.8 Å². The second-order valence-corrected chi connectivity index (χ2v) is 22.5. The summed E-state index contributed by atoms with van der Waals surface area (Å²) in [6, 6.07) is 18.8. The lowest BCUT2D eigenvalue weighted by Crippen LogP contribution is -2.66. The molecule has 0 saturated carbocycles. The van der Waals surface area contributed by atoms with Crippen LogP contribution in [-0.4, -0.2) is 63.5 Å². The molecule has 48 heavy (non-hydrogen) atoms. The summed E-state index contributed by atoms with van der Waals surface area (Å²) in [4.78, 5) is 44.1. The molecule has 2 saturated heterocycles. The monoisotopic (exact) mass is 693 g/mol. The van der Waals surface area contributed by atoms with Crippen LogP contribution < -0.4 is 11.0 Å².